The number of aromatic nitrogens is 1. The Hall–Kier alpha value is -0.930. The number of nitrogens with zero attached hydrogens (tertiary/aromatic N) is 2. The van der Waals surface area contributed by atoms with Crippen LogP contribution in [0.1, 0.15) is 33.4 Å². The number of nitrogens with one attached hydrogen (secondary N) is 1. The average molecular weight is 249 g/mol. The number of rotatable bonds is 8. The molecule has 1 rings (SSSR count). The molecule has 0 aromatic carbocycles. The smallest absolute Gasteiger partial charge is 0.0541 e. The summed E-state index contributed by atoms with van der Waals surface area (Å²) in [5, 5.41) is 3.46. The number of pyridine rings is 1. The van der Waals surface area contributed by atoms with Gasteiger partial charge in [-0.05, 0) is 31.9 Å². The van der Waals surface area contributed by atoms with E-state index in [1.165, 1.54) is 6.54 Å². The van der Waals surface area contributed by atoms with Crippen molar-refractivity contribution in [2.45, 2.75) is 40.3 Å². The van der Waals surface area contributed by atoms with Crippen LogP contribution < -0.4 is 5.32 Å². The Bertz CT molecular complexity index is 309. The van der Waals surface area contributed by atoms with E-state index in [1.807, 2.05) is 18.3 Å². The van der Waals surface area contributed by atoms with Gasteiger partial charge in [-0.3, -0.25) is 9.88 Å². The maximum atomic E-state index is 4.30. The molecule has 0 fully saturated rings. The van der Waals surface area contributed by atoms with E-state index in [2.05, 4.69) is 49.0 Å². The van der Waals surface area contributed by atoms with Gasteiger partial charge in [0.25, 0.3) is 0 Å². The zero-order valence-electron chi connectivity index (χ0n) is 12.2. The van der Waals surface area contributed by atoms with Crippen molar-refractivity contribution in [1.29, 1.82) is 0 Å². The second kappa shape index (κ2) is 8.22. The number of hydrogen-bond acceptors (Lipinski definition) is 3. The lowest BCUT2D eigenvalue weighted by molar-refractivity contribution is 0.198. The van der Waals surface area contributed by atoms with E-state index < -0.39 is 0 Å². The van der Waals surface area contributed by atoms with Gasteiger partial charge in [0.05, 0.1) is 5.69 Å². The molecule has 1 aromatic rings. The summed E-state index contributed by atoms with van der Waals surface area (Å²) in [7, 11) is 0. The summed E-state index contributed by atoms with van der Waals surface area (Å²) in [6, 6.07) is 6.65. The van der Waals surface area contributed by atoms with E-state index in [0.29, 0.717) is 6.04 Å². The lowest BCUT2D eigenvalue weighted by atomic mass is 10.2. The lowest BCUT2D eigenvalue weighted by Crippen LogP contribution is -2.39. The van der Waals surface area contributed by atoms with Crippen LogP contribution in [0.2, 0.25) is 0 Å². The quantitative estimate of drug-likeness (QED) is 0.718. The van der Waals surface area contributed by atoms with Crippen LogP contribution in [0.3, 0.4) is 0 Å². The fourth-order valence-electron chi connectivity index (χ4n) is 1.97. The Labute approximate surface area is 112 Å². The largest absolute Gasteiger partial charge is 0.310 e. The molecule has 1 heterocycles. The molecule has 0 saturated heterocycles. The van der Waals surface area contributed by atoms with Crippen molar-refractivity contribution in [3.8, 4) is 0 Å². The Balaban J connectivity index is 2.23. The van der Waals surface area contributed by atoms with Crippen molar-refractivity contribution in [3.63, 3.8) is 0 Å². The molecular formula is C15H27N3. The zero-order valence-corrected chi connectivity index (χ0v) is 12.2. The molecule has 1 N–H and O–H groups in total. The van der Waals surface area contributed by atoms with Gasteiger partial charge in [0.2, 0.25) is 0 Å². The van der Waals surface area contributed by atoms with Crippen LogP contribution in [0.15, 0.2) is 24.4 Å². The zero-order chi connectivity index (χ0) is 13.4. The van der Waals surface area contributed by atoms with Crippen LogP contribution in [-0.4, -0.2) is 35.6 Å². The van der Waals surface area contributed by atoms with Crippen LogP contribution in [0, 0.1) is 5.92 Å². The summed E-state index contributed by atoms with van der Waals surface area (Å²) in [6.07, 6.45) is 1.84. The summed E-state index contributed by atoms with van der Waals surface area (Å²) in [5.74, 6) is 0.725. The van der Waals surface area contributed by atoms with Crippen molar-refractivity contribution in [2.75, 3.05) is 19.6 Å². The Morgan fingerprint density at radius 1 is 1.22 bits per heavy atom. The normalized spacial score (nSPS) is 11.7. The van der Waals surface area contributed by atoms with E-state index in [0.717, 1.165) is 31.2 Å². The Morgan fingerprint density at radius 3 is 2.56 bits per heavy atom. The molecule has 0 atom stereocenters. The highest BCUT2D eigenvalue weighted by molar-refractivity contribution is 5.02. The predicted octanol–water partition coefficient (Wildman–Crippen LogP) is 2.54. The van der Waals surface area contributed by atoms with Gasteiger partial charge in [-0.15, -0.1) is 0 Å². The maximum absolute atomic E-state index is 4.30. The fraction of sp³-hybridized carbons (Fsp3) is 0.667. The summed E-state index contributed by atoms with van der Waals surface area (Å²) in [4.78, 5) is 6.83. The van der Waals surface area contributed by atoms with E-state index in [4.69, 9.17) is 0 Å². The minimum atomic E-state index is 0.615. The van der Waals surface area contributed by atoms with Crippen LogP contribution in [0.25, 0.3) is 0 Å². The third-order valence-corrected chi connectivity index (χ3v) is 2.94. The predicted molar refractivity (Wildman–Crippen MR) is 77.5 cm³/mol. The van der Waals surface area contributed by atoms with Gasteiger partial charge in [0.1, 0.15) is 0 Å². The standard InChI is InChI=1S/C15H27N3/c1-13(2)12-18(14(3)4)10-9-16-11-15-7-5-6-8-17-15/h5-8,13-14,16H,9-12H2,1-4H3. The van der Waals surface area contributed by atoms with Gasteiger partial charge >= 0.3 is 0 Å². The van der Waals surface area contributed by atoms with Crippen LogP contribution in [0.5, 0.6) is 0 Å². The molecule has 0 radical (unpaired) electrons. The topological polar surface area (TPSA) is 28.2 Å². The van der Waals surface area contributed by atoms with Crippen molar-refractivity contribution in [1.82, 2.24) is 15.2 Å². The monoisotopic (exact) mass is 249 g/mol. The van der Waals surface area contributed by atoms with Crippen molar-refractivity contribution >= 4 is 0 Å². The average Bonchev–Trinajstić information content (AvgIpc) is 2.33. The minimum Gasteiger partial charge on any atom is -0.310 e. The third kappa shape index (κ3) is 6.12. The van der Waals surface area contributed by atoms with E-state index >= 15 is 0 Å². The van der Waals surface area contributed by atoms with Gasteiger partial charge in [0.15, 0.2) is 0 Å². The number of hydrogen-bond donors (Lipinski definition) is 1. The second-order valence-corrected chi connectivity index (χ2v) is 5.48. The van der Waals surface area contributed by atoms with Gasteiger partial charge in [-0.25, -0.2) is 0 Å². The first-order valence-corrected chi connectivity index (χ1v) is 6.94. The van der Waals surface area contributed by atoms with Crippen LogP contribution in [0.4, 0.5) is 0 Å². The molecule has 3 nitrogen and oxygen atoms in total. The first kappa shape index (κ1) is 15.1. The molecule has 18 heavy (non-hydrogen) atoms. The first-order valence-electron chi connectivity index (χ1n) is 6.94. The molecule has 0 bridgehead atoms. The van der Waals surface area contributed by atoms with E-state index in [-0.39, 0.29) is 0 Å². The minimum absolute atomic E-state index is 0.615. The highest BCUT2D eigenvalue weighted by atomic mass is 15.2. The first-order chi connectivity index (χ1) is 8.59. The highest BCUT2D eigenvalue weighted by Crippen LogP contribution is 2.03. The Morgan fingerprint density at radius 2 is 2.00 bits per heavy atom. The van der Waals surface area contributed by atoms with Gasteiger partial charge in [0, 0.05) is 38.4 Å². The SMILES string of the molecule is CC(C)CN(CCNCc1ccccn1)C(C)C. The van der Waals surface area contributed by atoms with E-state index in [1.54, 1.807) is 0 Å². The van der Waals surface area contributed by atoms with Crippen LogP contribution >= 0.6 is 0 Å². The molecule has 1 aromatic heterocycles. The molecule has 3 heteroatoms. The van der Waals surface area contributed by atoms with Gasteiger partial charge in [-0.1, -0.05) is 19.9 Å². The molecule has 0 unspecified atom stereocenters. The maximum Gasteiger partial charge on any atom is 0.0541 e. The molecule has 0 aliphatic carbocycles. The molecule has 0 aliphatic rings. The molecule has 0 aliphatic heterocycles. The lowest BCUT2D eigenvalue weighted by Gasteiger charge is -2.28. The van der Waals surface area contributed by atoms with E-state index in [9.17, 15) is 0 Å². The summed E-state index contributed by atoms with van der Waals surface area (Å²) in [6.45, 7) is 13.2. The Kier molecular flexibility index (Phi) is 6.91. The molecule has 0 saturated carbocycles. The summed E-state index contributed by atoms with van der Waals surface area (Å²) >= 11 is 0. The fourth-order valence-corrected chi connectivity index (χ4v) is 1.97. The molecule has 0 spiro atoms. The summed E-state index contributed by atoms with van der Waals surface area (Å²) in [5.41, 5.74) is 1.11. The van der Waals surface area contributed by atoms with Crippen molar-refractivity contribution in [3.05, 3.63) is 30.1 Å². The van der Waals surface area contributed by atoms with Crippen molar-refractivity contribution in [2.24, 2.45) is 5.92 Å². The molecular weight excluding hydrogens is 222 g/mol. The summed E-state index contributed by atoms with van der Waals surface area (Å²) < 4.78 is 0. The molecule has 0 amide bonds. The highest BCUT2D eigenvalue weighted by Gasteiger charge is 2.10. The second-order valence-electron chi connectivity index (χ2n) is 5.48. The van der Waals surface area contributed by atoms with Crippen LogP contribution in [-0.2, 0) is 6.54 Å². The third-order valence-electron chi connectivity index (χ3n) is 2.94. The molecule has 102 valence electrons. The van der Waals surface area contributed by atoms with Gasteiger partial charge < -0.3 is 5.32 Å². The van der Waals surface area contributed by atoms with Gasteiger partial charge in [-0.2, -0.15) is 0 Å². The van der Waals surface area contributed by atoms with Crippen molar-refractivity contribution < 1.29 is 0 Å².